The van der Waals surface area contributed by atoms with Gasteiger partial charge in [0.15, 0.2) is 0 Å². The number of anilines is 2. The Morgan fingerprint density at radius 3 is 2.43 bits per heavy atom. The molecule has 0 fully saturated rings. The standard InChI is InChI=1S/C15H12FN5/c1-10-19-13(11-3-5-12(16)6-4-11)9-14(20-10)21-15-17-7-2-8-18-15/h2-9H,1H3,(H,17,18,19,20,21). The summed E-state index contributed by atoms with van der Waals surface area (Å²) in [5.74, 6) is 1.38. The predicted octanol–water partition coefficient (Wildman–Crippen LogP) is 3.12. The molecule has 21 heavy (non-hydrogen) atoms. The quantitative estimate of drug-likeness (QED) is 0.799. The molecule has 0 unspecified atom stereocenters. The molecule has 0 aliphatic rings. The minimum Gasteiger partial charge on any atom is -0.309 e. The van der Waals surface area contributed by atoms with Crippen molar-refractivity contribution in [1.82, 2.24) is 19.9 Å². The van der Waals surface area contributed by atoms with E-state index in [1.54, 1.807) is 43.6 Å². The number of halogens is 1. The molecule has 0 radical (unpaired) electrons. The molecule has 2 aromatic heterocycles. The Morgan fingerprint density at radius 1 is 1.00 bits per heavy atom. The van der Waals surface area contributed by atoms with E-state index < -0.39 is 0 Å². The molecule has 0 spiro atoms. The molecule has 0 amide bonds. The van der Waals surface area contributed by atoms with E-state index in [-0.39, 0.29) is 5.82 Å². The van der Waals surface area contributed by atoms with Crippen LogP contribution in [-0.4, -0.2) is 19.9 Å². The highest BCUT2D eigenvalue weighted by Gasteiger charge is 2.06. The van der Waals surface area contributed by atoms with Crippen LogP contribution in [0.15, 0.2) is 48.8 Å². The monoisotopic (exact) mass is 281 g/mol. The highest BCUT2D eigenvalue weighted by Crippen LogP contribution is 2.21. The van der Waals surface area contributed by atoms with Gasteiger partial charge >= 0.3 is 0 Å². The summed E-state index contributed by atoms with van der Waals surface area (Å²) in [7, 11) is 0. The van der Waals surface area contributed by atoms with Gasteiger partial charge in [0.25, 0.3) is 0 Å². The topological polar surface area (TPSA) is 63.6 Å². The molecule has 1 N–H and O–H groups in total. The van der Waals surface area contributed by atoms with Crippen LogP contribution in [0.25, 0.3) is 11.3 Å². The number of aromatic nitrogens is 4. The van der Waals surface area contributed by atoms with Crippen LogP contribution >= 0.6 is 0 Å². The summed E-state index contributed by atoms with van der Waals surface area (Å²) in [5.41, 5.74) is 1.53. The van der Waals surface area contributed by atoms with Crippen molar-refractivity contribution in [2.45, 2.75) is 6.92 Å². The van der Waals surface area contributed by atoms with Crippen LogP contribution in [0.5, 0.6) is 0 Å². The summed E-state index contributed by atoms with van der Waals surface area (Å²) in [5, 5.41) is 3.02. The number of benzene rings is 1. The van der Waals surface area contributed by atoms with Crippen molar-refractivity contribution in [1.29, 1.82) is 0 Å². The first-order valence-corrected chi connectivity index (χ1v) is 6.36. The highest BCUT2D eigenvalue weighted by atomic mass is 19.1. The van der Waals surface area contributed by atoms with Crippen molar-refractivity contribution >= 4 is 11.8 Å². The Hall–Kier alpha value is -2.89. The second kappa shape index (κ2) is 5.62. The summed E-state index contributed by atoms with van der Waals surface area (Å²) in [6, 6.07) is 9.68. The molecule has 104 valence electrons. The molecule has 2 heterocycles. The van der Waals surface area contributed by atoms with E-state index in [1.165, 1.54) is 12.1 Å². The Labute approximate surface area is 121 Å². The van der Waals surface area contributed by atoms with Gasteiger partial charge in [0.05, 0.1) is 5.69 Å². The second-order valence-corrected chi connectivity index (χ2v) is 4.39. The summed E-state index contributed by atoms with van der Waals surface area (Å²) < 4.78 is 13.0. The third kappa shape index (κ3) is 3.17. The van der Waals surface area contributed by atoms with Gasteiger partial charge < -0.3 is 5.32 Å². The maximum atomic E-state index is 13.0. The van der Waals surface area contributed by atoms with Crippen LogP contribution in [-0.2, 0) is 0 Å². The predicted molar refractivity (Wildman–Crippen MR) is 77.5 cm³/mol. The SMILES string of the molecule is Cc1nc(Nc2ncccn2)cc(-c2ccc(F)cc2)n1. The van der Waals surface area contributed by atoms with Crippen molar-refractivity contribution in [2.24, 2.45) is 0 Å². The summed E-state index contributed by atoms with van der Waals surface area (Å²) in [6.07, 6.45) is 3.29. The minimum absolute atomic E-state index is 0.277. The Kier molecular flexibility index (Phi) is 3.51. The Balaban J connectivity index is 1.94. The lowest BCUT2D eigenvalue weighted by Gasteiger charge is -2.07. The van der Waals surface area contributed by atoms with Crippen molar-refractivity contribution in [3.63, 3.8) is 0 Å². The first kappa shape index (κ1) is 13.1. The fourth-order valence-electron chi connectivity index (χ4n) is 1.88. The van der Waals surface area contributed by atoms with Crippen LogP contribution in [0.4, 0.5) is 16.2 Å². The lowest BCUT2D eigenvalue weighted by Crippen LogP contribution is -2.01. The van der Waals surface area contributed by atoms with Crippen molar-refractivity contribution in [3.05, 3.63) is 60.4 Å². The minimum atomic E-state index is -0.277. The first-order valence-electron chi connectivity index (χ1n) is 6.36. The number of nitrogens with zero attached hydrogens (tertiary/aromatic N) is 4. The molecule has 0 atom stereocenters. The van der Waals surface area contributed by atoms with Gasteiger partial charge in [0.1, 0.15) is 17.5 Å². The maximum absolute atomic E-state index is 13.0. The van der Waals surface area contributed by atoms with Crippen LogP contribution < -0.4 is 5.32 Å². The van der Waals surface area contributed by atoms with E-state index in [2.05, 4.69) is 25.3 Å². The molecule has 0 saturated carbocycles. The normalized spacial score (nSPS) is 10.4. The van der Waals surface area contributed by atoms with E-state index in [1.807, 2.05) is 0 Å². The highest BCUT2D eigenvalue weighted by molar-refractivity contribution is 5.63. The van der Waals surface area contributed by atoms with Gasteiger partial charge in [0.2, 0.25) is 5.95 Å². The summed E-state index contributed by atoms with van der Waals surface area (Å²) in [4.78, 5) is 16.8. The van der Waals surface area contributed by atoms with E-state index >= 15 is 0 Å². The number of rotatable bonds is 3. The molecular weight excluding hydrogens is 269 g/mol. The van der Waals surface area contributed by atoms with Crippen molar-refractivity contribution in [3.8, 4) is 11.3 Å². The van der Waals surface area contributed by atoms with Gasteiger partial charge in [0, 0.05) is 24.0 Å². The van der Waals surface area contributed by atoms with Gasteiger partial charge in [-0.3, -0.25) is 0 Å². The average Bonchev–Trinajstić information content (AvgIpc) is 2.48. The molecule has 3 rings (SSSR count). The lowest BCUT2D eigenvalue weighted by molar-refractivity contribution is 0.628. The number of hydrogen-bond acceptors (Lipinski definition) is 5. The zero-order chi connectivity index (χ0) is 14.7. The van der Waals surface area contributed by atoms with E-state index in [4.69, 9.17) is 0 Å². The Bertz CT molecular complexity index is 744. The molecule has 0 bridgehead atoms. The number of nitrogens with one attached hydrogen (secondary N) is 1. The largest absolute Gasteiger partial charge is 0.309 e. The molecule has 1 aromatic carbocycles. The zero-order valence-electron chi connectivity index (χ0n) is 11.3. The second-order valence-electron chi connectivity index (χ2n) is 4.39. The van der Waals surface area contributed by atoms with Crippen LogP contribution in [0.3, 0.4) is 0 Å². The Morgan fingerprint density at radius 2 is 1.71 bits per heavy atom. The van der Waals surface area contributed by atoms with Gasteiger partial charge in [-0.1, -0.05) is 0 Å². The maximum Gasteiger partial charge on any atom is 0.228 e. The van der Waals surface area contributed by atoms with Crippen molar-refractivity contribution < 1.29 is 4.39 Å². The smallest absolute Gasteiger partial charge is 0.228 e. The molecule has 0 saturated heterocycles. The van der Waals surface area contributed by atoms with Gasteiger partial charge in [-0.25, -0.2) is 24.3 Å². The summed E-state index contributed by atoms with van der Waals surface area (Å²) >= 11 is 0. The van der Waals surface area contributed by atoms with E-state index in [0.717, 1.165) is 5.56 Å². The van der Waals surface area contributed by atoms with Crippen LogP contribution in [0.1, 0.15) is 5.82 Å². The first-order chi connectivity index (χ1) is 10.2. The van der Waals surface area contributed by atoms with Crippen LogP contribution in [0, 0.1) is 12.7 Å². The third-order valence-electron chi connectivity index (χ3n) is 2.78. The van der Waals surface area contributed by atoms with E-state index in [0.29, 0.717) is 23.3 Å². The molecule has 0 aliphatic heterocycles. The zero-order valence-corrected chi connectivity index (χ0v) is 11.3. The molecule has 5 nitrogen and oxygen atoms in total. The van der Waals surface area contributed by atoms with Gasteiger partial charge in [-0.2, -0.15) is 0 Å². The average molecular weight is 281 g/mol. The van der Waals surface area contributed by atoms with Gasteiger partial charge in [-0.15, -0.1) is 0 Å². The number of aryl methyl sites for hydroxylation is 1. The van der Waals surface area contributed by atoms with Crippen molar-refractivity contribution in [2.75, 3.05) is 5.32 Å². The lowest BCUT2D eigenvalue weighted by atomic mass is 10.1. The van der Waals surface area contributed by atoms with Gasteiger partial charge in [-0.05, 0) is 37.3 Å². The van der Waals surface area contributed by atoms with Crippen LogP contribution in [0.2, 0.25) is 0 Å². The molecule has 6 heteroatoms. The fraction of sp³-hybridized carbons (Fsp3) is 0.0667. The number of hydrogen-bond donors (Lipinski definition) is 1. The fourth-order valence-corrected chi connectivity index (χ4v) is 1.88. The molecular formula is C15H12FN5. The molecule has 0 aliphatic carbocycles. The summed E-state index contributed by atoms with van der Waals surface area (Å²) in [6.45, 7) is 1.80. The molecule has 3 aromatic rings. The third-order valence-corrected chi connectivity index (χ3v) is 2.78. The van der Waals surface area contributed by atoms with E-state index in [9.17, 15) is 4.39 Å².